The summed E-state index contributed by atoms with van der Waals surface area (Å²) < 4.78 is 48.5. The van der Waals surface area contributed by atoms with Crippen LogP contribution in [-0.4, -0.2) is 5.51 Å². The molecule has 1 aromatic carbocycles. The Kier molecular flexibility index (Phi) is 3.55. The molecule has 0 nitrogen and oxygen atoms in total. The molecule has 0 fully saturated rings. The van der Waals surface area contributed by atoms with Crippen molar-refractivity contribution < 1.29 is 17.6 Å². The minimum Gasteiger partial charge on any atom is -0.205 e. The van der Waals surface area contributed by atoms with Crippen LogP contribution in [0.25, 0.3) is 0 Å². The van der Waals surface area contributed by atoms with Crippen LogP contribution >= 0.6 is 35.0 Å². The normalized spacial score (nSPS) is 11.9. The zero-order chi connectivity index (χ0) is 10.9. The number of thioether (sulfide) groups is 1. The molecule has 0 aliphatic rings. The molecule has 7 heteroatoms. The summed E-state index contributed by atoms with van der Waals surface area (Å²) in [5, 5.41) is -0.528. The Bertz CT molecular complexity index is 350. The second-order valence-corrected chi connectivity index (χ2v) is 4.17. The highest BCUT2D eigenvalue weighted by atomic mass is 35.5. The lowest BCUT2D eigenvalue weighted by Gasteiger charge is -2.07. The molecular formula is C7H2Cl2F4S. The Labute approximate surface area is 91.2 Å². The fourth-order valence-corrected chi connectivity index (χ4v) is 1.77. The van der Waals surface area contributed by atoms with Gasteiger partial charge in [0.2, 0.25) is 0 Å². The minimum atomic E-state index is -4.50. The van der Waals surface area contributed by atoms with Crippen LogP contribution in [0.5, 0.6) is 0 Å². The van der Waals surface area contributed by atoms with Crippen LogP contribution in [0.3, 0.4) is 0 Å². The lowest BCUT2D eigenvalue weighted by atomic mass is 10.3. The monoisotopic (exact) mass is 264 g/mol. The van der Waals surface area contributed by atoms with Crippen molar-refractivity contribution in [2.45, 2.75) is 10.4 Å². The van der Waals surface area contributed by atoms with Crippen molar-refractivity contribution in [1.29, 1.82) is 0 Å². The number of halogens is 6. The third-order valence-corrected chi connectivity index (χ3v) is 2.70. The van der Waals surface area contributed by atoms with Gasteiger partial charge in [-0.3, -0.25) is 0 Å². The number of benzene rings is 1. The Morgan fingerprint density at radius 1 is 1.07 bits per heavy atom. The average Bonchev–Trinajstić information content (AvgIpc) is 1.97. The van der Waals surface area contributed by atoms with E-state index < -0.39 is 28.0 Å². The number of hydrogen-bond acceptors (Lipinski definition) is 1. The number of alkyl halides is 3. The van der Waals surface area contributed by atoms with Gasteiger partial charge in [-0.25, -0.2) is 4.39 Å². The van der Waals surface area contributed by atoms with Gasteiger partial charge >= 0.3 is 5.51 Å². The average molecular weight is 265 g/mol. The van der Waals surface area contributed by atoms with E-state index in [-0.39, 0.29) is 10.0 Å². The van der Waals surface area contributed by atoms with E-state index in [9.17, 15) is 17.6 Å². The summed E-state index contributed by atoms with van der Waals surface area (Å²) in [5.74, 6) is -0.928. The first-order chi connectivity index (χ1) is 6.29. The Morgan fingerprint density at radius 3 is 2.14 bits per heavy atom. The fourth-order valence-electron chi connectivity index (χ4n) is 0.707. The predicted octanol–water partition coefficient (Wildman–Crippen LogP) is 4.74. The summed E-state index contributed by atoms with van der Waals surface area (Å²) >= 11 is 10.3. The van der Waals surface area contributed by atoms with Gasteiger partial charge in [-0.1, -0.05) is 23.2 Å². The van der Waals surface area contributed by atoms with Crippen LogP contribution in [-0.2, 0) is 0 Å². The lowest BCUT2D eigenvalue weighted by molar-refractivity contribution is -0.0328. The topological polar surface area (TPSA) is 0 Å². The molecular weight excluding hydrogens is 263 g/mol. The third-order valence-electron chi connectivity index (χ3n) is 1.20. The summed E-state index contributed by atoms with van der Waals surface area (Å²) in [6.07, 6.45) is 0. The van der Waals surface area contributed by atoms with Gasteiger partial charge in [-0.05, 0) is 23.9 Å². The van der Waals surface area contributed by atoms with Gasteiger partial charge in [0.25, 0.3) is 0 Å². The summed E-state index contributed by atoms with van der Waals surface area (Å²) in [6, 6.07) is 1.59. The van der Waals surface area contributed by atoms with Crippen molar-refractivity contribution in [3.63, 3.8) is 0 Å². The highest BCUT2D eigenvalue weighted by Gasteiger charge is 2.30. The van der Waals surface area contributed by atoms with Gasteiger partial charge in [0.15, 0.2) is 0 Å². The first-order valence-electron chi connectivity index (χ1n) is 3.20. The Morgan fingerprint density at radius 2 is 1.64 bits per heavy atom. The molecule has 0 aromatic heterocycles. The van der Waals surface area contributed by atoms with E-state index in [0.29, 0.717) is 6.07 Å². The van der Waals surface area contributed by atoms with Gasteiger partial charge in [0.1, 0.15) is 5.82 Å². The molecule has 0 heterocycles. The van der Waals surface area contributed by atoms with Crippen molar-refractivity contribution in [3.8, 4) is 0 Å². The molecule has 78 valence electrons. The van der Waals surface area contributed by atoms with Crippen LogP contribution in [0.1, 0.15) is 0 Å². The zero-order valence-electron chi connectivity index (χ0n) is 6.33. The van der Waals surface area contributed by atoms with Crippen LogP contribution < -0.4 is 0 Å². The molecule has 0 amide bonds. The largest absolute Gasteiger partial charge is 0.446 e. The zero-order valence-corrected chi connectivity index (χ0v) is 8.66. The van der Waals surface area contributed by atoms with E-state index in [2.05, 4.69) is 0 Å². The summed E-state index contributed by atoms with van der Waals surface area (Å²) in [6.45, 7) is 0. The fraction of sp³-hybridized carbons (Fsp3) is 0.143. The number of hydrogen-bond donors (Lipinski definition) is 0. The van der Waals surface area contributed by atoms with Gasteiger partial charge in [0.05, 0.1) is 10.0 Å². The quantitative estimate of drug-likeness (QED) is 0.401. The van der Waals surface area contributed by atoms with E-state index >= 15 is 0 Å². The molecule has 0 saturated carbocycles. The van der Waals surface area contributed by atoms with Crippen molar-refractivity contribution in [3.05, 3.63) is 28.0 Å². The van der Waals surface area contributed by atoms with E-state index in [0.717, 1.165) is 6.07 Å². The van der Waals surface area contributed by atoms with E-state index in [1.165, 1.54) is 0 Å². The van der Waals surface area contributed by atoms with Gasteiger partial charge in [0, 0.05) is 4.90 Å². The molecule has 1 aromatic rings. The van der Waals surface area contributed by atoms with Crippen molar-refractivity contribution in [2.24, 2.45) is 0 Å². The van der Waals surface area contributed by atoms with Crippen LogP contribution in [0.2, 0.25) is 10.0 Å². The SMILES string of the molecule is Fc1cc(SC(F)(F)F)c(Cl)cc1Cl. The molecule has 0 aliphatic heterocycles. The molecule has 0 atom stereocenters. The Hall–Kier alpha value is -0.130. The van der Waals surface area contributed by atoms with E-state index in [1.807, 2.05) is 0 Å². The van der Waals surface area contributed by atoms with Gasteiger partial charge < -0.3 is 0 Å². The molecule has 0 unspecified atom stereocenters. The maximum atomic E-state index is 12.8. The van der Waals surface area contributed by atoms with Crippen molar-refractivity contribution in [1.82, 2.24) is 0 Å². The summed E-state index contributed by atoms with van der Waals surface area (Å²) in [7, 11) is 0. The molecule has 0 spiro atoms. The lowest BCUT2D eigenvalue weighted by Crippen LogP contribution is -1.99. The van der Waals surface area contributed by atoms with E-state index in [1.54, 1.807) is 0 Å². The van der Waals surface area contributed by atoms with Crippen LogP contribution in [0.4, 0.5) is 17.6 Å². The second kappa shape index (κ2) is 4.16. The van der Waals surface area contributed by atoms with Crippen LogP contribution in [0, 0.1) is 5.82 Å². The third kappa shape index (κ3) is 3.22. The second-order valence-electron chi connectivity index (χ2n) is 2.24. The number of rotatable bonds is 1. The molecule has 14 heavy (non-hydrogen) atoms. The first kappa shape index (κ1) is 11.9. The predicted molar refractivity (Wildman–Crippen MR) is 48.3 cm³/mol. The molecule has 0 saturated heterocycles. The standard InChI is InChI=1S/C7H2Cl2F4S/c8-3-1-4(9)6(2-5(3)10)14-7(11,12)13/h1-2H. The van der Waals surface area contributed by atoms with Gasteiger partial charge in [-0.15, -0.1) is 0 Å². The maximum Gasteiger partial charge on any atom is 0.446 e. The molecule has 0 aliphatic carbocycles. The molecule has 0 radical (unpaired) electrons. The van der Waals surface area contributed by atoms with E-state index in [4.69, 9.17) is 23.2 Å². The molecule has 0 bridgehead atoms. The molecule has 0 N–H and O–H groups in total. The summed E-state index contributed by atoms with van der Waals surface area (Å²) in [5.41, 5.74) is -4.50. The Balaban J connectivity index is 3.04. The highest BCUT2D eigenvalue weighted by molar-refractivity contribution is 8.00. The van der Waals surface area contributed by atoms with Crippen molar-refractivity contribution in [2.75, 3.05) is 0 Å². The highest BCUT2D eigenvalue weighted by Crippen LogP contribution is 2.41. The smallest absolute Gasteiger partial charge is 0.205 e. The van der Waals surface area contributed by atoms with Gasteiger partial charge in [-0.2, -0.15) is 13.2 Å². The maximum absolute atomic E-state index is 12.8. The molecule has 1 rings (SSSR count). The minimum absolute atomic E-state index is 0.223. The summed E-state index contributed by atoms with van der Waals surface area (Å²) in [4.78, 5) is -0.402. The first-order valence-corrected chi connectivity index (χ1v) is 4.77. The van der Waals surface area contributed by atoms with Crippen LogP contribution in [0.15, 0.2) is 17.0 Å². The van der Waals surface area contributed by atoms with Crippen molar-refractivity contribution >= 4 is 35.0 Å².